The van der Waals surface area contributed by atoms with Gasteiger partial charge in [-0.2, -0.15) is 0 Å². The summed E-state index contributed by atoms with van der Waals surface area (Å²) in [4.78, 5) is 21.7. The molecule has 1 unspecified atom stereocenters. The number of nitrogens with one attached hydrogen (secondary N) is 2. The molecule has 1 atom stereocenters. The van der Waals surface area contributed by atoms with E-state index >= 15 is 0 Å². The number of carboxylic acids is 1. The Bertz CT molecular complexity index is 244. The second-order valence-electron chi connectivity index (χ2n) is 4.65. The maximum absolute atomic E-state index is 11.4. The van der Waals surface area contributed by atoms with Gasteiger partial charge in [-0.3, -0.25) is 4.79 Å². The number of hydrogen-bond acceptors (Lipinski definition) is 2. The monoisotopic (exact) mass is 258 g/mol. The molecule has 0 saturated carbocycles. The predicted octanol–water partition coefficient (Wildman–Crippen LogP) is 2.51. The summed E-state index contributed by atoms with van der Waals surface area (Å²) < 4.78 is 0. The quantitative estimate of drug-likeness (QED) is 0.527. The van der Waals surface area contributed by atoms with Crippen LogP contribution < -0.4 is 10.6 Å². The van der Waals surface area contributed by atoms with Crippen LogP contribution in [-0.2, 0) is 4.79 Å². The van der Waals surface area contributed by atoms with Crippen molar-refractivity contribution in [1.29, 1.82) is 0 Å². The van der Waals surface area contributed by atoms with Crippen LogP contribution in [0.4, 0.5) is 4.79 Å². The normalized spacial score (nSPS) is 11.9. The van der Waals surface area contributed by atoms with Gasteiger partial charge in [0.2, 0.25) is 0 Å². The molecule has 0 aliphatic rings. The van der Waals surface area contributed by atoms with E-state index in [1.807, 2.05) is 6.92 Å². The first-order valence-corrected chi connectivity index (χ1v) is 6.82. The summed E-state index contributed by atoms with van der Waals surface area (Å²) in [7, 11) is 0. The molecule has 5 heteroatoms. The van der Waals surface area contributed by atoms with E-state index in [1.165, 1.54) is 0 Å². The molecule has 106 valence electrons. The van der Waals surface area contributed by atoms with Gasteiger partial charge in [0.25, 0.3) is 0 Å². The van der Waals surface area contributed by atoms with Crippen LogP contribution in [0, 0.1) is 0 Å². The van der Waals surface area contributed by atoms with Crippen molar-refractivity contribution >= 4 is 12.0 Å². The number of amides is 2. The lowest BCUT2D eigenvalue weighted by Crippen LogP contribution is -2.41. The van der Waals surface area contributed by atoms with Crippen LogP contribution in [0.2, 0.25) is 0 Å². The second kappa shape index (κ2) is 10.9. The maximum atomic E-state index is 11.4. The molecule has 5 nitrogen and oxygen atoms in total. The highest BCUT2D eigenvalue weighted by molar-refractivity contribution is 5.74. The van der Waals surface area contributed by atoms with Gasteiger partial charge >= 0.3 is 12.0 Å². The van der Waals surface area contributed by atoms with Crippen molar-refractivity contribution in [2.45, 2.75) is 64.8 Å². The van der Waals surface area contributed by atoms with Crippen molar-refractivity contribution in [2.75, 3.05) is 6.54 Å². The molecule has 0 aromatic carbocycles. The average Bonchev–Trinajstić information content (AvgIpc) is 2.27. The first-order valence-electron chi connectivity index (χ1n) is 6.82. The fraction of sp³-hybridized carbons (Fsp3) is 0.846. The lowest BCUT2D eigenvalue weighted by Gasteiger charge is -2.13. The number of rotatable bonds is 10. The third kappa shape index (κ3) is 11.2. The van der Waals surface area contributed by atoms with E-state index in [9.17, 15) is 9.59 Å². The van der Waals surface area contributed by atoms with Gasteiger partial charge in [0.1, 0.15) is 0 Å². The molecule has 18 heavy (non-hydrogen) atoms. The molecule has 0 aromatic heterocycles. The van der Waals surface area contributed by atoms with E-state index in [0.29, 0.717) is 6.54 Å². The molecule has 0 heterocycles. The first-order chi connectivity index (χ1) is 8.56. The van der Waals surface area contributed by atoms with Gasteiger partial charge in [0, 0.05) is 19.0 Å². The van der Waals surface area contributed by atoms with Crippen LogP contribution in [-0.4, -0.2) is 29.7 Å². The third-order valence-corrected chi connectivity index (χ3v) is 2.70. The van der Waals surface area contributed by atoms with Gasteiger partial charge in [-0.1, -0.05) is 26.2 Å². The number of unbranched alkanes of at least 4 members (excludes halogenated alkanes) is 3. The number of carbonyl (C=O) groups excluding carboxylic acids is 1. The van der Waals surface area contributed by atoms with Gasteiger partial charge in [0.15, 0.2) is 0 Å². The van der Waals surface area contributed by atoms with E-state index < -0.39 is 5.97 Å². The zero-order chi connectivity index (χ0) is 13.8. The Hall–Kier alpha value is -1.26. The van der Waals surface area contributed by atoms with Crippen LogP contribution in [0.3, 0.4) is 0 Å². The Morgan fingerprint density at radius 2 is 1.83 bits per heavy atom. The summed E-state index contributed by atoms with van der Waals surface area (Å²) in [5, 5.41) is 14.1. The highest BCUT2D eigenvalue weighted by Crippen LogP contribution is 2.02. The molecular formula is C13H26N2O3. The van der Waals surface area contributed by atoms with Gasteiger partial charge in [-0.05, 0) is 26.2 Å². The Morgan fingerprint density at radius 1 is 1.17 bits per heavy atom. The van der Waals surface area contributed by atoms with E-state index in [0.717, 1.165) is 38.5 Å². The van der Waals surface area contributed by atoms with Crippen LogP contribution in [0.15, 0.2) is 0 Å². The standard InChI is InChI=1S/C13H26N2O3/c1-3-8-11(2)15-13(18)14-10-7-5-4-6-9-12(16)17/h11H,3-10H2,1-2H3,(H,16,17)(H2,14,15,18). The Balaban J connectivity index is 3.32. The lowest BCUT2D eigenvalue weighted by molar-refractivity contribution is -0.137. The Labute approximate surface area is 109 Å². The summed E-state index contributed by atoms with van der Waals surface area (Å²) in [5.41, 5.74) is 0. The van der Waals surface area contributed by atoms with Crippen LogP contribution in [0.5, 0.6) is 0 Å². The van der Waals surface area contributed by atoms with Gasteiger partial charge in [0.05, 0.1) is 0 Å². The van der Waals surface area contributed by atoms with Crippen molar-refractivity contribution in [3.05, 3.63) is 0 Å². The average molecular weight is 258 g/mol. The summed E-state index contributed by atoms with van der Waals surface area (Å²) >= 11 is 0. The highest BCUT2D eigenvalue weighted by Gasteiger charge is 2.04. The molecule has 0 aliphatic carbocycles. The van der Waals surface area contributed by atoms with Crippen LogP contribution in [0.25, 0.3) is 0 Å². The molecular weight excluding hydrogens is 232 g/mol. The van der Waals surface area contributed by atoms with E-state index in [-0.39, 0.29) is 18.5 Å². The topological polar surface area (TPSA) is 78.4 Å². The lowest BCUT2D eigenvalue weighted by atomic mass is 10.1. The predicted molar refractivity (Wildman–Crippen MR) is 71.6 cm³/mol. The summed E-state index contributed by atoms with van der Waals surface area (Å²) in [6, 6.07) is 0.104. The highest BCUT2D eigenvalue weighted by atomic mass is 16.4. The van der Waals surface area contributed by atoms with Crippen molar-refractivity contribution in [1.82, 2.24) is 10.6 Å². The van der Waals surface area contributed by atoms with Crippen LogP contribution in [0.1, 0.15) is 58.8 Å². The zero-order valence-corrected chi connectivity index (χ0v) is 11.5. The summed E-state index contributed by atoms with van der Waals surface area (Å²) in [5.74, 6) is -0.739. The zero-order valence-electron chi connectivity index (χ0n) is 11.5. The first kappa shape index (κ1) is 16.7. The van der Waals surface area contributed by atoms with E-state index in [4.69, 9.17) is 5.11 Å². The molecule has 0 saturated heterocycles. The summed E-state index contributed by atoms with van der Waals surface area (Å²) in [6.45, 7) is 4.74. The van der Waals surface area contributed by atoms with Gasteiger partial charge < -0.3 is 15.7 Å². The molecule has 2 amide bonds. The number of carbonyl (C=O) groups is 2. The van der Waals surface area contributed by atoms with Crippen molar-refractivity contribution < 1.29 is 14.7 Å². The minimum Gasteiger partial charge on any atom is -0.481 e. The largest absolute Gasteiger partial charge is 0.481 e. The number of hydrogen-bond donors (Lipinski definition) is 3. The van der Waals surface area contributed by atoms with E-state index in [2.05, 4.69) is 17.6 Å². The van der Waals surface area contributed by atoms with Crippen molar-refractivity contribution in [3.63, 3.8) is 0 Å². The molecule has 0 rings (SSSR count). The Morgan fingerprint density at radius 3 is 2.44 bits per heavy atom. The maximum Gasteiger partial charge on any atom is 0.314 e. The fourth-order valence-corrected chi connectivity index (χ4v) is 1.74. The minimum absolute atomic E-state index is 0.110. The van der Waals surface area contributed by atoms with Crippen LogP contribution >= 0.6 is 0 Å². The van der Waals surface area contributed by atoms with E-state index in [1.54, 1.807) is 0 Å². The molecule has 0 aliphatic heterocycles. The summed E-state index contributed by atoms with van der Waals surface area (Å²) in [6.07, 6.45) is 5.76. The Kier molecular flexibility index (Phi) is 10.1. The van der Waals surface area contributed by atoms with Gasteiger partial charge in [-0.25, -0.2) is 4.79 Å². The molecule has 0 fully saturated rings. The molecule has 3 N–H and O–H groups in total. The van der Waals surface area contributed by atoms with Crippen molar-refractivity contribution in [3.8, 4) is 0 Å². The number of carboxylic acid groups (broad SMARTS) is 1. The van der Waals surface area contributed by atoms with Crippen molar-refractivity contribution in [2.24, 2.45) is 0 Å². The molecule has 0 spiro atoms. The molecule has 0 aromatic rings. The molecule has 0 radical (unpaired) electrons. The minimum atomic E-state index is -0.739. The second-order valence-corrected chi connectivity index (χ2v) is 4.65. The number of urea groups is 1. The SMILES string of the molecule is CCCC(C)NC(=O)NCCCCCCC(=O)O. The molecule has 0 bridgehead atoms. The third-order valence-electron chi connectivity index (χ3n) is 2.70. The number of aliphatic carboxylic acids is 1. The fourth-order valence-electron chi connectivity index (χ4n) is 1.74. The smallest absolute Gasteiger partial charge is 0.314 e. The van der Waals surface area contributed by atoms with Gasteiger partial charge in [-0.15, -0.1) is 0 Å².